The van der Waals surface area contributed by atoms with Crippen molar-refractivity contribution in [3.05, 3.63) is 34.3 Å². The van der Waals surface area contributed by atoms with Crippen LogP contribution in [-0.2, 0) is 0 Å². The van der Waals surface area contributed by atoms with Crippen LogP contribution in [0.25, 0.3) is 0 Å². The molecule has 1 rings (SSSR count). The van der Waals surface area contributed by atoms with Crippen molar-refractivity contribution in [2.75, 3.05) is 25.6 Å². The lowest BCUT2D eigenvalue weighted by Crippen LogP contribution is -2.17. The molecule has 0 aliphatic rings. The van der Waals surface area contributed by atoms with Crippen molar-refractivity contribution in [3.8, 4) is 0 Å². The van der Waals surface area contributed by atoms with E-state index in [1.165, 1.54) is 22.2 Å². The lowest BCUT2D eigenvalue weighted by molar-refractivity contribution is 0.616. The minimum Gasteiger partial charge on any atom is -0.319 e. The van der Waals surface area contributed by atoms with Crippen molar-refractivity contribution in [1.82, 2.24) is 5.32 Å². The maximum Gasteiger partial charge on any atom is 0.0178 e. The van der Waals surface area contributed by atoms with Crippen LogP contribution in [-0.4, -0.2) is 25.6 Å². The van der Waals surface area contributed by atoms with Gasteiger partial charge in [0, 0.05) is 11.0 Å². The molecule has 0 saturated heterocycles. The van der Waals surface area contributed by atoms with Crippen LogP contribution in [0.3, 0.4) is 0 Å². The summed E-state index contributed by atoms with van der Waals surface area (Å²) in [6.45, 7) is 1.05. The van der Waals surface area contributed by atoms with Crippen molar-refractivity contribution in [2.45, 2.75) is 12.3 Å². The lowest BCUT2D eigenvalue weighted by Gasteiger charge is -2.16. The molecule has 0 spiro atoms. The maximum atomic E-state index is 3.52. The third kappa shape index (κ3) is 4.58. The second-order valence-electron chi connectivity index (χ2n) is 3.59. The zero-order valence-corrected chi connectivity index (χ0v) is 11.7. The number of likely N-dealkylation sites (N-methyl/N-ethyl adjacent to an activating group) is 1. The Kier molecular flexibility index (Phi) is 6.37. The number of halogens is 1. The van der Waals surface area contributed by atoms with Crippen LogP contribution in [0.2, 0.25) is 0 Å². The van der Waals surface area contributed by atoms with Gasteiger partial charge in [-0.1, -0.05) is 28.1 Å². The van der Waals surface area contributed by atoms with Gasteiger partial charge in [0.15, 0.2) is 0 Å². The molecular weight excluding hydrogens is 270 g/mol. The van der Waals surface area contributed by atoms with Gasteiger partial charge in [-0.3, -0.25) is 0 Å². The average Bonchev–Trinajstić information content (AvgIpc) is 2.24. The molecule has 1 unspecified atom stereocenters. The Hall–Kier alpha value is 0.01000. The second kappa shape index (κ2) is 7.31. The van der Waals surface area contributed by atoms with Crippen LogP contribution in [0.15, 0.2) is 28.7 Å². The van der Waals surface area contributed by atoms with E-state index in [-0.39, 0.29) is 0 Å². The summed E-state index contributed by atoms with van der Waals surface area (Å²) in [5, 5.41) is 3.27. The minimum atomic E-state index is 0.625. The van der Waals surface area contributed by atoms with Gasteiger partial charge >= 0.3 is 0 Å². The number of hydrogen-bond donors (Lipinski definition) is 1. The van der Waals surface area contributed by atoms with Gasteiger partial charge in [-0.15, -0.1) is 0 Å². The molecular formula is C12H18BrNS. The number of thioether (sulfide) groups is 1. The highest BCUT2D eigenvalue weighted by Crippen LogP contribution is 2.23. The first-order valence-corrected chi connectivity index (χ1v) is 7.35. The van der Waals surface area contributed by atoms with Crippen LogP contribution in [0.1, 0.15) is 17.9 Å². The largest absolute Gasteiger partial charge is 0.319 e. The topological polar surface area (TPSA) is 12.0 Å². The van der Waals surface area contributed by atoms with Crippen molar-refractivity contribution in [2.24, 2.45) is 0 Å². The van der Waals surface area contributed by atoms with Gasteiger partial charge in [-0.25, -0.2) is 0 Å². The molecule has 0 amide bonds. The van der Waals surface area contributed by atoms with E-state index in [1.807, 2.05) is 18.8 Å². The van der Waals surface area contributed by atoms with E-state index in [0.29, 0.717) is 5.92 Å². The minimum absolute atomic E-state index is 0.625. The van der Waals surface area contributed by atoms with Gasteiger partial charge in [-0.2, -0.15) is 11.8 Å². The Labute approximate surface area is 105 Å². The van der Waals surface area contributed by atoms with Crippen LogP contribution >= 0.6 is 27.7 Å². The van der Waals surface area contributed by atoms with Gasteiger partial charge in [0.2, 0.25) is 0 Å². The summed E-state index contributed by atoms with van der Waals surface area (Å²) in [7, 11) is 2.02. The van der Waals surface area contributed by atoms with Crippen molar-refractivity contribution >= 4 is 27.7 Å². The van der Waals surface area contributed by atoms with Gasteiger partial charge in [0.1, 0.15) is 0 Å². The Morgan fingerprint density at radius 1 is 1.47 bits per heavy atom. The van der Waals surface area contributed by atoms with Crippen molar-refractivity contribution in [3.63, 3.8) is 0 Å². The van der Waals surface area contributed by atoms with E-state index >= 15 is 0 Å². The number of rotatable bonds is 6. The molecule has 0 aliphatic heterocycles. The fourth-order valence-electron chi connectivity index (χ4n) is 1.65. The molecule has 0 aromatic heterocycles. The van der Waals surface area contributed by atoms with E-state index < -0.39 is 0 Å². The summed E-state index contributed by atoms with van der Waals surface area (Å²) in [6, 6.07) is 8.63. The van der Waals surface area contributed by atoms with Gasteiger partial charge < -0.3 is 5.32 Å². The van der Waals surface area contributed by atoms with E-state index in [9.17, 15) is 0 Å². The normalized spacial score (nSPS) is 12.7. The zero-order chi connectivity index (χ0) is 11.1. The van der Waals surface area contributed by atoms with E-state index in [4.69, 9.17) is 0 Å². The van der Waals surface area contributed by atoms with E-state index in [1.54, 1.807) is 0 Å². The fraction of sp³-hybridized carbons (Fsp3) is 0.500. The first-order chi connectivity index (χ1) is 7.27. The molecule has 0 heterocycles. The van der Waals surface area contributed by atoms with Crippen molar-refractivity contribution < 1.29 is 0 Å². The Balaban J connectivity index is 2.69. The Morgan fingerprint density at radius 2 is 2.27 bits per heavy atom. The molecule has 84 valence electrons. The highest BCUT2D eigenvalue weighted by Gasteiger charge is 2.10. The predicted molar refractivity (Wildman–Crippen MR) is 73.8 cm³/mol. The van der Waals surface area contributed by atoms with Gasteiger partial charge in [0.05, 0.1) is 0 Å². The number of benzene rings is 1. The summed E-state index contributed by atoms with van der Waals surface area (Å²) in [4.78, 5) is 0. The van der Waals surface area contributed by atoms with Crippen LogP contribution in [0.4, 0.5) is 0 Å². The maximum absolute atomic E-state index is 3.52. The summed E-state index contributed by atoms with van der Waals surface area (Å²) in [5.41, 5.74) is 1.42. The van der Waals surface area contributed by atoms with E-state index in [0.717, 1.165) is 6.54 Å². The van der Waals surface area contributed by atoms with Gasteiger partial charge in [-0.05, 0) is 49.1 Å². The smallest absolute Gasteiger partial charge is 0.0178 e. The molecule has 0 fully saturated rings. The monoisotopic (exact) mass is 287 g/mol. The standard InChI is InChI=1S/C12H18BrNS/c1-14-9-11(6-7-15-2)10-4-3-5-12(13)8-10/h3-5,8,11,14H,6-7,9H2,1-2H3. The third-order valence-corrected chi connectivity index (χ3v) is 3.58. The molecule has 1 atom stereocenters. The molecule has 15 heavy (non-hydrogen) atoms. The quantitative estimate of drug-likeness (QED) is 0.859. The highest BCUT2D eigenvalue weighted by atomic mass is 79.9. The Morgan fingerprint density at radius 3 is 2.87 bits per heavy atom. The van der Waals surface area contributed by atoms with Gasteiger partial charge in [0.25, 0.3) is 0 Å². The predicted octanol–water partition coefficient (Wildman–Crippen LogP) is 3.51. The molecule has 0 aliphatic carbocycles. The number of hydrogen-bond acceptors (Lipinski definition) is 2. The van der Waals surface area contributed by atoms with E-state index in [2.05, 4.69) is 51.8 Å². The summed E-state index contributed by atoms with van der Waals surface area (Å²) >= 11 is 5.44. The Bertz CT molecular complexity index is 291. The molecule has 1 aromatic carbocycles. The third-order valence-electron chi connectivity index (χ3n) is 2.44. The van der Waals surface area contributed by atoms with Crippen molar-refractivity contribution in [1.29, 1.82) is 0 Å². The fourth-order valence-corrected chi connectivity index (χ4v) is 2.59. The summed E-state index contributed by atoms with van der Waals surface area (Å²) < 4.78 is 1.17. The first kappa shape index (κ1) is 13.1. The molecule has 1 aromatic rings. The van der Waals surface area contributed by atoms with Crippen LogP contribution < -0.4 is 5.32 Å². The average molecular weight is 288 g/mol. The SMILES string of the molecule is CNCC(CCSC)c1cccc(Br)c1. The van der Waals surface area contributed by atoms with Crippen LogP contribution in [0.5, 0.6) is 0 Å². The first-order valence-electron chi connectivity index (χ1n) is 5.17. The molecule has 0 saturated carbocycles. The highest BCUT2D eigenvalue weighted by molar-refractivity contribution is 9.10. The molecule has 1 N–H and O–H groups in total. The summed E-state index contributed by atoms with van der Waals surface area (Å²) in [6.07, 6.45) is 3.40. The second-order valence-corrected chi connectivity index (χ2v) is 5.49. The van der Waals surface area contributed by atoms with Crippen LogP contribution in [0, 0.1) is 0 Å². The molecule has 1 nitrogen and oxygen atoms in total. The summed E-state index contributed by atoms with van der Waals surface area (Å²) in [5.74, 6) is 1.85. The molecule has 0 radical (unpaired) electrons. The zero-order valence-electron chi connectivity index (χ0n) is 9.29. The molecule has 3 heteroatoms. The lowest BCUT2D eigenvalue weighted by atomic mass is 9.96. The number of nitrogens with one attached hydrogen (secondary N) is 1. The molecule has 0 bridgehead atoms.